The van der Waals surface area contributed by atoms with Crippen molar-refractivity contribution in [1.82, 2.24) is 0 Å². The van der Waals surface area contributed by atoms with Crippen LogP contribution in [0, 0.1) is 5.92 Å². The van der Waals surface area contributed by atoms with Crippen molar-refractivity contribution in [2.75, 3.05) is 19.8 Å². The minimum Gasteiger partial charge on any atom is -0.493 e. The molecule has 1 heterocycles. The van der Waals surface area contributed by atoms with E-state index in [0.717, 1.165) is 0 Å². The Labute approximate surface area is 189 Å². The number of hydrogen-bond acceptors (Lipinski definition) is 6. The third kappa shape index (κ3) is 4.74. The summed E-state index contributed by atoms with van der Waals surface area (Å²) in [5.41, 5.74) is 0.756. The molecule has 0 radical (unpaired) electrons. The predicted octanol–water partition coefficient (Wildman–Crippen LogP) is 4.77. The fourth-order valence-electron chi connectivity index (χ4n) is 3.62. The molecular weight excluding hydrogens is 436 g/mol. The summed E-state index contributed by atoms with van der Waals surface area (Å²) in [7, 11) is 0. The lowest BCUT2D eigenvalue weighted by atomic mass is 9.82. The fraction of sp³-hybridized carbons (Fsp3) is 0.333. The molecule has 8 heteroatoms. The molecule has 32 heavy (non-hydrogen) atoms. The Morgan fingerprint density at radius 2 is 1.97 bits per heavy atom. The number of para-hydroxylation sites is 1. The number of carboxylic acids is 1. The Morgan fingerprint density at radius 3 is 2.72 bits per heavy atom. The monoisotopic (exact) mass is 458 g/mol. The van der Waals surface area contributed by atoms with E-state index in [-0.39, 0.29) is 17.5 Å². The van der Waals surface area contributed by atoms with Crippen LogP contribution < -0.4 is 14.9 Å². The maximum Gasteiger partial charge on any atom is 0.306 e. The number of halogens is 1. The van der Waals surface area contributed by atoms with Gasteiger partial charge in [0.25, 0.3) is 0 Å². The second kappa shape index (κ2) is 9.63. The van der Waals surface area contributed by atoms with Crippen LogP contribution in [0.5, 0.6) is 11.5 Å². The first-order valence-electron chi connectivity index (χ1n) is 10.4. The number of aliphatic carboxylic acids is 1. The van der Waals surface area contributed by atoms with Crippen molar-refractivity contribution in [2.24, 2.45) is 5.92 Å². The molecule has 0 unspecified atom stereocenters. The van der Waals surface area contributed by atoms with Gasteiger partial charge >= 0.3 is 5.97 Å². The summed E-state index contributed by atoms with van der Waals surface area (Å²) in [5, 5.41) is 9.68. The van der Waals surface area contributed by atoms with Crippen LogP contribution in [0.25, 0.3) is 22.3 Å². The standard InChI is InChI=1S/C24H23ClO7/c1-2-29-21-12-15(30-8-9-31-16-10-14(11-16)24(27)28)6-7-18(21)22-13-20(26)17-4-3-5-19(25)23(17)32-22/h3-7,12-14,16H,2,8-11H2,1H3,(H,27,28). The zero-order valence-corrected chi connectivity index (χ0v) is 18.3. The molecule has 2 aromatic carbocycles. The third-order valence-electron chi connectivity index (χ3n) is 5.37. The van der Waals surface area contributed by atoms with Crippen molar-refractivity contribution in [2.45, 2.75) is 25.9 Å². The minimum absolute atomic E-state index is 0.0244. The third-order valence-corrected chi connectivity index (χ3v) is 5.67. The van der Waals surface area contributed by atoms with Gasteiger partial charge in [0.05, 0.1) is 41.2 Å². The molecular formula is C24H23ClO7. The van der Waals surface area contributed by atoms with Crippen LogP contribution in [-0.2, 0) is 9.53 Å². The zero-order valence-electron chi connectivity index (χ0n) is 17.5. The molecule has 1 aliphatic carbocycles. The first-order valence-corrected chi connectivity index (χ1v) is 10.8. The SMILES string of the molecule is CCOc1cc(OCCOC2CC(C(=O)O)C2)ccc1-c1cc(=O)c2cccc(Cl)c2o1. The van der Waals surface area contributed by atoms with Crippen LogP contribution >= 0.6 is 11.6 Å². The molecule has 0 aliphatic heterocycles. The van der Waals surface area contributed by atoms with E-state index in [2.05, 4.69) is 0 Å². The molecule has 4 rings (SSSR count). The lowest BCUT2D eigenvalue weighted by Crippen LogP contribution is -2.36. The molecule has 7 nitrogen and oxygen atoms in total. The zero-order chi connectivity index (χ0) is 22.7. The highest BCUT2D eigenvalue weighted by molar-refractivity contribution is 6.34. The minimum atomic E-state index is -0.769. The summed E-state index contributed by atoms with van der Waals surface area (Å²) in [6, 6.07) is 11.7. The van der Waals surface area contributed by atoms with Crippen molar-refractivity contribution < 1.29 is 28.5 Å². The second-order valence-corrected chi connectivity index (χ2v) is 7.94. The van der Waals surface area contributed by atoms with E-state index in [1.165, 1.54) is 6.07 Å². The Kier molecular flexibility index (Phi) is 6.67. The van der Waals surface area contributed by atoms with Gasteiger partial charge in [-0.15, -0.1) is 0 Å². The van der Waals surface area contributed by atoms with Crippen molar-refractivity contribution in [1.29, 1.82) is 0 Å². The summed E-state index contributed by atoms with van der Waals surface area (Å²) < 4.78 is 23.1. The van der Waals surface area contributed by atoms with Crippen LogP contribution in [0.1, 0.15) is 19.8 Å². The number of ether oxygens (including phenoxy) is 3. The lowest BCUT2D eigenvalue weighted by molar-refractivity contribution is -0.151. The molecule has 0 atom stereocenters. The maximum absolute atomic E-state index is 12.5. The molecule has 1 saturated carbocycles. The molecule has 1 fully saturated rings. The van der Waals surface area contributed by atoms with Gasteiger partial charge in [0, 0.05) is 12.1 Å². The summed E-state index contributed by atoms with van der Waals surface area (Å²) in [6.45, 7) is 2.97. The van der Waals surface area contributed by atoms with Crippen LogP contribution in [-0.4, -0.2) is 37.0 Å². The summed E-state index contributed by atoms with van der Waals surface area (Å²) in [5.74, 6) is 0.385. The van der Waals surface area contributed by atoms with Crippen LogP contribution in [0.3, 0.4) is 0 Å². The molecule has 0 saturated heterocycles. The first kappa shape index (κ1) is 22.2. The quantitative estimate of drug-likeness (QED) is 0.461. The average molecular weight is 459 g/mol. The molecule has 168 valence electrons. The van der Waals surface area contributed by atoms with Gasteiger partial charge in [-0.1, -0.05) is 17.7 Å². The number of benzene rings is 2. The van der Waals surface area contributed by atoms with Gasteiger partial charge in [0.1, 0.15) is 23.9 Å². The largest absolute Gasteiger partial charge is 0.493 e. The van der Waals surface area contributed by atoms with Crippen LogP contribution in [0.4, 0.5) is 0 Å². The second-order valence-electron chi connectivity index (χ2n) is 7.53. The smallest absolute Gasteiger partial charge is 0.306 e. The molecule has 0 amide bonds. The number of carboxylic acid groups (broad SMARTS) is 1. The van der Waals surface area contributed by atoms with Gasteiger partial charge in [-0.05, 0) is 44.0 Å². The van der Waals surface area contributed by atoms with E-state index >= 15 is 0 Å². The van der Waals surface area contributed by atoms with Gasteiger partial charge in [0.2, 0.25) is 0 Å². The Hall–Kier alpha value is -3.03. The predicted molar refractivity (Wildman–Crippen MR) is 120 cm³/mol. The molecule has 1 aliphatic rings. The molecule has 1 aromatic heterocycles. The summed E-state index contributed by atoms with van der Waals surface area (Å²) in [4.78, 5) is 23.4. The van der Waals surface area contributed by atoms with Gasteiger partial charge in [-0.2, -0.15) is 0 Å². The summed E-state index contributed by atoms with van der Waals surface area (Å²) >= 11 is 6.22. The van der Waals surface area contributed by atoms with Crippen LogP contribution in [0.15, 0.2) is 51.7 Å². The molecule has 3 aromatic rings. The average Bonchev–Trinajstić information content (AvgIpc) is 2.73. The fourth-order valence-corrected chi connectivity index (χ4v) is 3.84. The van der Waals surface area contributed by atoms with Gasteiger partial charge in [-0.3, -0.25) is 9.59 Å². The lowest BCUT2D eigenvalue weighted by Gasteiger charge is -2.31. The Morgan fingerprint density at radius 1 is 1.16 bits per heavy atom. The van der Waals surface area contributed by atoms with Crippen molar-refractivity contribution in [3.63, 3.8) is 0 Å². The topological polar surface area (TPSA) is 95.2 Å². The number of rotatable bonds is 9. The normalized spacial score (nSPS) is 17.7. The first-order chi connectivity index (χ1) is 15.5. The molecule has 0 spiro atoms. The highest BCUT2D eigenvalue weighted by atomic mass is 35.5. The van der Waals surface area contributed by atoms with Crippen molar-refractivity contribution in [3.8, 4) is 22.8 Å². The van der Waals surface area contributed by atoms with Crippen molar-refractivity contribution in [3.05, 3.63) is 57.7 Å². The molecule has 0 bridgehead atoms. The highest BCUT2D eigenvalue weighted by Gasteiger charge is 2.34. The number of hydrogen-bond donors (Lipinski definition) is 1. The number of fused-ring (bicyclic) bond motifs is 1. The van der Waals surface area contributed by atoms with E-state index in [1.807, 2.05) is 6.92 Å². The Balaban J connectivity index is 1.46. The number of carbonyl (C=O) groups is 1. The van der Waals surface area contributed by atoms with Gasteiger partial charge in [0.15, 0.2) is 11.0 Å². The van der Waals surface area contributed by atoms with Crippen molar-refractivity contribution >= 4 is 28.5 Å². The van der Waals surface area contributed by atoms with E-state index in [1.54, 1.807) is 36.4 Å². The van der Waals surface area contributed by atoms with E-state index in [0.29, 0.717) is 71.5 Å². The Bertz CT molecular complexity index is 1180. The summed E-state index contributed by atoms with van der Waals surface area (Å²) in [6.07, 6.45) is 1.06. The van der Waals surface area contributed by atoms with E-state index in [9.17, 15) is 9.59 Å². The van der Waals surface area contributed by atoms with E-state index < -0.39 is 5.97 Å². The molecule has 1 N–H and O–H groups in total. The highest BCUT2D eigenvalue weighted by Crippen LogP contribution is 2.35. The van der Waals surface area contributed by atoms with Crippen LogP contribution in [0.2, 0.25) is 5.02 Å². The van der Waals surface area contributed by atoms with Gasteiger partial charge < -0.3 is 23.7 Å². The maximum atomic E-state index is 12.5. The van der Waals surface area contributed by atoms with E-state index in [4.69, 9.17) is 35.3 Å². The van der Waals surface area contributed by atoms with Gasteiger partial charge in [-0.25, -0.2) is 0 Å².